The Morgan fingerprint density at radius 1 is 1.56 bits per heavy atom. The third-order valence-electron chi connectivity index (χ3n) is 1.04. The van der Waals surface area contributed by atoms with Crippen LogP contribution in [-0.4, -0.2) is 19.8 Å². The summed E-state index contributed by atoms with van der Waals surface area (Å²) in [6.07, 6.45) is 7.66. The fourth-order valence-electron chi connectivity index (χ4n) is 0.634. The molecular weight excluding hydrogens is 116 g/mol. The third-order valence-corrected chi connectivity index (χ3v) is 1.04. The summed E-state index contributed by atoms with van der Waals surface area (Å²) < 4.78 is 1.60. The fraction of sp³-hybridized carbons (Fsp3) is 0. The van der Waals surface area contributed by atoms with E-state index in [1.165, 1.54) is 0 Å². The van der Waals surface area contributed by atoms with Crippen LogP contribution in [0, 0.1) is 6.20 Å². The average Bonchev–Trinajstić information content (AvgIpc) is 2.33. The van der Waals surface area contributed by atoms with Crippen LogP contribution >= 0.6 is 0 Å². The fourth-order valence-corrected chi connectivity index (χ4v) is 0.634. The lowest BCUT2D eigenvalue weighted by molar-refractivity contribution is 0.848. The van der Waals surface area contributed by atoms with E-state index in [9.17, 15) is 0 Å². The summed E-state index contributed by atoms with van der Waals surface area (Å²) >= 11 is 0. The molecule has 0 aliphatic rings. The SMILES string of the molecule is [c]1nccn2nncc12. The first-order chi connectivity index (χ1) is 4.47. The summed E-state index contributed by atoms with van der Waals surface area (Å²) in [4.78, 5) is 3.76. The van der Waals surface area contributed by atoms with Gasteiger partial charge in [-0.2, -0.15) is 0 Å². The van der Waals surface area contributed by atoms with Gasteiger partial charge in [-0.1, -0.05) is 5.21 Å². The molecule has 4 nitrogen and oxygen atoms in total. The van der Waals surface area contributed by atoms with Gasteiger partial charge < -0.3 is 0 Å². The Kier molecular flexibility index (Phi) is 0.745. The van der Waals surface area contributed by atoms with Gasteiger partial charge in [-0.3, -0.25) is 4.98 Å². The van der Waals surface area contributed by atoms with Crippen LogP contribution in [0.25, 0.3) is 5.52 Å². The number of nitrogens with zero attached hydrogens (tertiary/aromatic N) is 4. The predicted molar refractivity (Wildman–Crippen MR) is 29.6 cm³/mol. The second-order valence-electron chi connectivity index (χ2n) is 1.60. The number of hydrogen-bond acceptors (Lipinski definition) is 3. The molecule has 0 aliphatic carbocycles. The van der Waals surface area contributed by atoms with Crippen LogP contribution in [0.1, 0.15) is 0 Å². The zero-order valence-electron chi connectivity index (χ0n) is 4.52. The van der Waals surface area contributed by atoms with Gasteiger partial charge in [0.15, 0.2) is 0 Å². The van der Waals surface area contributed by atoms with E-state index >= 15 is 0 Å². The number of rotatable bonds is 0. The zero-order chi connectivity index (χ0) is 6.10. The van der Waals surface area contributed by atoms with Crippen LogP contribution in [0.5, 0.6) is 0 Å². The Balaban J connectivity index is 2.95. The third kappa shape index (κ3) is 0.561. The van der Waals surface area contributed by atoms with Gasteiger partial charge in [-0.05, 0) is 0 Å². The summed E-state index contributed by atoms with van der Waals surface area (Å²) in [6, 6.07) is 0. The summed E-state index contributed by atoms with van der Waals surface area (Å²) in [6.45, 7) is 0. The van der Waals surface area contributed by atoms with E-state index in [1.54, 1.807) is 23.1 Å². The molecular formula is C5H3N4. The topological polar surface area (TPSA) is 43.1 Å². The number of fused-ring (bicyclic) bond motifs is 1. The smallest absolute Gasteiger partial charge is 0.118 e. The predicted octanol–water partition coefficient (Wildman–Crippen LogP) is -0.0755. The summed E-state index contributed by atoms with van der Waals surface area (Å²) in [5.74, 6) is 0. The van der Waals surface area contributed by atoms with Crippen molar-refractivity contribution in [1.82, 2.24) is 19.8 Å². The second kappa shape index (κ2) is 1.51. The number of hydrogen-bond donors (Lipinski definition) is 0. The molecule has 0 atom stereocenters. The molecule has 0 saturated carbocycles. The first-order valence-electron chi connectivity index (χ1n) is 2.49. The van der Waals surface area contributed by atoms with Crippen LogP contribution in [0.3, 0.4) is 0 Å². The highest BCUT2D eigenvalue weighted by atomic mass is 15.4. The highest BCUT2D eigenvalue weighted by Gasteiger charge is 1.89. The lowest BCUT2D eigenvalue weighted by Gasteiger charge is -1.82. The molecule has 0 bridgehead atoms. The van der Waals surface area contributed by atoms with Crippen molar-refractivity contribution in [3.63, 3.8) is 0 Å². The van der Waals surface area contributed by atoms with Crippen molar-refractivity contribution in [2.45, 2.75) is 0 Å². The lowest BCUT2D eigenvalue weighted by atomic mass is 10.6. The Bertz CT molecular complexity index is 283. The Morgan fingerprint density at radius 2 is 2.56 bits per heavy atom. The molecule has 0 fully saturated rings. The largest absolute Gasteiger partial charge is 0.251 e. The molecule has 9 heavy (non-hydrogen) atoms. The normalized spacial score (nSPS) is 10.2. The van der Waals surface area contributed by atoms with Gasteiger partial charge >= 0.3 is 0 Å². The molecule has 0 aromatic carbocycles. The number of aromatic nitrogens is 4. The average molecular weight is 119 g/mol. The Hall–Kier alpha value is -1.45. The van der Waals surface area contributed by atoms with E-state index in [-0.39, 0.29) is 0 Å². The minimum Gasteiger partial charge on any atom is -0.251 e. The Morgan fingerprint density at radius 3 is 3.44 bits per heavy atom. The van der Waals surface area contributed by atoms with Crippen molar-refractivity contribution < 1.29 is 0 Å². The van der Waals surface area contributed by atoms with E-state index in [1.807, 2.05) is 0 Å². The van der Waals surface area contributed by atoms with Gasteiger partial charge in [0.05, 0.1) is 6.20 Å². The minimum atomic E-state index is 0.789. The maximum absolute atomic E-state index is 3.76. The standard InChI is InChI=1S/C5H3N4/c1-2-9-5(3-6-1)4-7-8-9/h1-2,4H. The van der Waals surface area contributed by atoms with E-state index in [0.29, 0.717) is 0 Å². The molecule has 0 amide bonds. The van der Waals surface area contributed by atoms with Crippen LogP contribution in [-0.2, 0) is 0 Å². The minimum absolute atomic E-state index is 0.789. The first-order valence-corrected chi connectivity index (χ1v) is 2.49. The molecule has 0 saturated heterocycles. The molecule has 0 unspecified atom stereocenters. The van der Waals surface area contributed by atoms with Crippen molar-refractivity contribution in [3.05, 3.63) is 24.8 Å². The van der Waals surface area contributed by atoms with Crippen molar-refractivity contribution in [1.29, 1.82) is 0 Å². The highest BCUT2D eigenvalue weighted by Crippen LogP contribution is 1.91. The molecule has 2 aromatic heterocycles. The van der Waals surface area contributed by atoms with Crippen LogP contribution in [0.2, 0.25) is 0 Å². The van der Waals surface area contributed by atoms with Crippen molar-refractivity contribution in [2.24, 2.45) is 0 Å². The van der Waals surface area contributed by atoms with E-state index < -0.39 is 0 Å². The van der Waals surface area contributed by atoms with E-state index in [4.69, 9.17) is 0 Å². The highest BCUT2D eigenvalue weighted by molar-refractivity contribution is 5.37. The van der Waals surface area contributed by atoms with Crippen molar-refractivity contribution >= 4 is 5.52 Å². The van der Waals surface area contributed by atoms with Crippen molar-refractivity contribution in [3.8, 4) is 0 Å². The van der Waals surface area contributed by atoms with E-state index in [0.717, 1.165) is 5.52 Å². The van der Waals surface area contributed by atoms with Gasteiger partial charge in [0, 0.05) is 12.4 Å². The second-order valence-corrected chi connectivity index (χ2v) is 1.60. The molecule has 2 rings (SSSR count). The molecule has 2 aromatic rings. The molecule has 43 valence electrons. The molecule has 4 heteroatoms. The maximum atomic E-state index is 3.76. The van der Waals surface area contributed by atoms with Crippen LogP contribution < -0.4 is 0 Å². The Labute approximate surface area is 51.1 Å². The van der Waals surface area contributed by atoms with Crippen LogP contribution in [0.15, 0.2) is 18.6 Å². The van der Waals surface area contributed by atoms with Gasteiger partial charge in [0.1, 0.15) is 11.7 Å². The van der Waals surface area contributed by atoms with Gasteiger partial charge in [-0.25, -0.2) is 4.52 Å². The molecule has 0 spiro atoms. The quantitative estimate of drug-likeness (QED) is 0.487. The monoisotopic (exact) mass is 119 g/mol. The van der Waals surface area contributed by atoms with Crippen LogP contribution in [0.4, 0.5) is 0 Å². The summed E-state index contributed by atoms with van der Waals surface area (Å²) in [7, 11) is 0. The molecule has 0 aliphatic heterocycles. The summed E-state index contributed by atoms with van der Waals surface area (Å²) in [5, 5.41) is 7.36. The molecule has 0 N–H and O–H groups in total. The lowest BCUT2D eigenvalue weighted by Crippen LogP contribution is -1.85. The van der Waals surface area contributed by atoms with Crippen molar-refractivity contribution in [2.75, 3.05) is 0 Å². The first kappa shape index (κ1) is 4.43. The van der Waals surface area contributed by atoms with Gasteiger partial charge in [0.2, 0.25) is 0 Å². The molecule has 1 radical (unpaired) electrons. The van der Waals surface area contributed by atoms with Gasteiger partial charge in [-0.15, -0.1) is 5.10 Å². The summed E-state index contributed by atoms with van der Waals surface area (Å²) in [5.41, 5.74) is 0.789. The maximum Gasteiger partial charge on any atom is 0.118 e. The van der Waals surface area contributed by atoms with E-state index in [2.05, 4.69) is 21.5 Å². The van der Waals surface area contributed by atoms with Gasteiger partial charge in [0.25, 0.3) is 0 Å². The zero-order valence-corrected chi connectivity index (χ0v) is 4.52. The molecule has 2 heterocycles.